The Morgan fingerprint density at radius 2 is 1.88 bits per heavy atom. The first-order valence-corrected chi connectivity index (χ1v) is 8.23. The van der Waals surface area contributed by atoms with Crippen molar-refractivity contribution in [2.75, 3.05) is 6.61 Å². The molecule has 1 aromatic heterocycles. The first-order chi connectivity index (χ1) is 12.7. The molecule has 0 saturated carbocycles. The summed E-state index contributed by atoms with van der Waals surface area (Å²) in [6.45, 7) is 2.40. The lowest BCUT2D eigenvalue weighted by Gasteiger charge is -2.06. The number of hydrogen-bond donors (Lipinski definition) is 2. The summed E-state index contributed by atoms with van der Waals surface area (Å²) in [5.41, 5.74) is 5.41. The number of hydroxylamine groups is 1. The number of amides is 2. The van der Waals surface area contributed by atoms with Crippen LogP contribution in [0.5, 0.6) is 0 Å². The molecule has 3 rings (SSSR count). The molecule has 7 heteroatoms. The van der Waals surface area contributed by atoms with E-state index in [9.17, 15) is 9.18 Å². The molecular weight excluding hydrogens is 335 g/mol. The predicted octanol–water partition coefficient (Wildman–Crippen LogP) is 3.43. The number of hydrogen-bond acceptors (Lipinski definition) is 3. The SMILES string of the molecule is CCONC(=O)NCc1cn(-c2ccccc2)nc1-c1ccc(F)cc1. The number of halogens is 1. The molecule has 0 atom stereocenters. The van der Waals surface area contributed by atoms with E-state index in [2.05, 4.69) is 15.9 Å². The molecule has 2 N–H and O–H groups in total. The minimum Gasteiger partial charge on any atom is -0.332 e. The summed E-state index contributed by atoms with van der Waals surface area (Å²) in [6, 6.07) is 15.3. The molecule has 0 aliphatic heterocycles. The molecule has 3 aromatic rings. The molecule has 0 fully saturated rings. The van der Waals surface area contributed by atoms with Crippen LogP contribution in [0, 0.1) is 5.82 Å². The summed E-state index contributed by atoms with van der Waals surface area (Å²) in [5.74, 6) is -0.313. The topological polar surface area (TPSA) is 68.2 Å². The predicted molar refractivity (Wildman–Crippen MR) is 96.0 cm³/mol. The van der Waals surface area contributed by atoms with Gasteiger partial charge in [-0.2, -0.15) is 5.10 Å². The fraction of sp³-hybridized carbons (Fsp3) is 0.158. The van der Waals surface area contributed by atoms with Crippen molar-refractivity contribution < 1.29 is 14.0 Å². The number of benzene rings is 2. The maximum Gasteiger partial charge on any atom is 0.338 e. The molecule has 26 heavy (non-hydrogen) atoms. The zero-order valence-electron chi connectivity index (χ0n) is 14.3. The minimum absolute atomic E-state index is 0.248. The maximum absolute atomic E-state index is 13.2. The monoisotopic (exact) mass is 354 g/mol. The van der Waals surface area contributed by atoms with Gasteiger partial charge in [0.05, 0.1) is 18.0 Å². The van der Waals surface area contributed by atoms with Gasteiger partial charge in [0.1, 0.15) is 5.82 Å². The molecule has 0 spiro atoms. The highest BCUT2D eigenvalue weighted by molar-refractivity contribution is 5.73. The van der Waals surface area contributed by atoms with Crippen LogP contribution in [0.15, 0.2) is 60.8 Å². The third-order valence-corrected chi connectivity index (χ3v) is 3.68. The second-order valence-corrected chi connectivity index (χ2v) is 5.51. The Labute approximate surface area is 150 Å². The summed E-state index contributed by atoms with van der Waals surface area (Å²) in [4.78, 5) is 16.6. The molecule has 1 heterocycles. The second kappa shape index (κ2) is 8.26. The minimum atomic E-state index is -0.440. The molecule has 0 aliphatic carbocycles. The van der Waals surface area contributed by atoms with Crippen molar-refractivity contribution in [1.82, 2.24) is 20.6 Å². The van der Waals surface area contributed by atoms with E-state index in [0.29, 0.717) is 12.3 Å². The van der Waals surface area contributed by atoms with Gasteiger partial charge in [0.15, 0.2) is 0 Å². The fourth-order valence-corrected chi connectivity index (χ4v) is 2.45. The van der Waals surface area contributed by atoms with Crippen LogP contribution in [-0.2, 0) is 11.4 Å². The van der Waals surface area contributed by atoms with Gasteiger partial charge in [-0.3, -0.25) is 4.84 Å². The number of aromatic nitrogens is 2. The number of carbonyl (C=O) groups excluding carboxylic acids is 1. The van der Waals surface area contributed by atoms with E-state index in [1.165, 1.54) is 12.1 Å². The molecule has 0 saturated heterocycles. The maximum atomic E-state index is 13.2. The summed E-state index contributed by atoms with van der Waals surface area (Å²) < 4.78 is 15.0. The third-order valence-electron chi connectivity index (χ3n) is 3.68. The van der Waals surface area contributed by atoms with Gasteiger partial charge in [-0.25, -0.2) is 19.3 Å². The van der Waals surface area contributed by atoms with Gasteiger partial charge in [-0.1, -0.05) is 18.2 Å². The highest BCUT2D eigenvalue weighted by Crippen LogP contribution is 2.24. The lowest BCUT2D eigenvalue weighted by molar-refractivity contribution is 0.0705. The number of rotatable bonds is 6. The van der Waals surface area contributed by atoms with Gasteiger partial charge in [-0.05, 0) is 43.3 Å². The van der Waals surface area contributed by atoms with Crippen molar-refractivity contribution in [2.45, 2.75) is 13.5 Å². The van der Waals surface area contributed by atoms with Gasteiger partial charge < -0.3 is 5.32 Å². The smallest absolute Gasteiger partial charge is 0.332 e. The molecule has 6 nitrogen and oxygen atoms in total. The van der Waals surface area contributed by atoms with Crippen LogP contribution in [0.4, 0.5) is 9.18 Å². The Balaban J connectivity index is 1.89. The lowest BCUT2D eigenvalue weighted by Crippen LogP contribution is -2.35. The Morgan fingerprint density at radius 3 is 2.58 bits per heavy atom. The normalized spacial score (nSPS) is 10.5. The highest BCUT2D eigenvalue weighted by Gasteiger charge is 2.13. The van der Waals surface area contributed by atoms with Crippen LogP contribution >= 0.6 is 0 Å². The number of nitrogens with zero attached hydrogens (tertiary/aromatic N) is 2. The number of carbonyl (C=O) groups is 1. The van der Waals surface area contributed by atoms with Gasteiger partial charge in [0.2, 0.25) is 0 Å². The van der Waals surface area contributed by atoms with Gasteiger partial charge in [0, 0.05) is 23.9 Å². The summed E-state index contributed by atoms with van der Waals surface area (Å²) >= 11 is 0. The van der Waals surface area contributed by atoms with Crippen molar-refractivity contribution >= 4 is 6.03 Å². The average molecular weight is 354 g/mol. The van der Waals surface area contributed by atoms with Crippen LogP contribution in [0.3, 0.4) is 0 Å². The van der Waals surface area contributed by atoms with Crippen molar-refractivity contribution in [3.63, 3.8) is 0 Å². The molecular formula is C19H19FN4O2. The highest BCUT2D eigenvalue weighted by atomic mass is 19.1. The zero-order valence-corrected chi connectivity index (χ0v) is 14.3. The van der Waals surface area contributed by atoms with Crippen LogP contribution in [0.2, 0.25) is 0 Å². The number of nitrogens with one attached hydrogen (secondary N) is 2. The number of urea groups is 1. The van der Waals surface area contributed by atoms with Crippen LogP contribution in [-0.4, -0.2) is 22.4 Å². The Morgan fingerprint density at radius 1 is 1.15 bits per heavy atom. The van der Waals surface area contributed by atoms with Gasteiger partial charge >= 0.3 is 6.03 Å². The van der Waals surface area contributed by atoms with E-state index in [0.717, 1.165) is 16.8 Å². The molecule has 2 aromatic carbocycles. The Kier molecular flexibility index (Phi) is 5.60. The first kappa shape index (κ1) is 17.6. The van der Waals surface area contributed by atoms with Gasteiger partial charge in [0.25, 0.3) is 0 Å². The molecule has 2 amide bonds. The fourth-order valence-electron chi connectivity index (χ4n) is 2.45. The second-order valence-electron chi connectivity index (χ2n) is 5.51. The summed E-state index contributed by atoms with van der Waals surface area (Å²) in [5, 5.41) is 7.33. The lowest BCUT2D eigenvalue weighted by atomic mass is 10.1. The zero-order chi connectivity index (χ0) is 18.4. The molecule has 0 bridgehead atoms. The van der Waals surface area contributed by atoms with E-state index in [1.807, 2.05) is 36.5 Å². The quantitative estimate of drug-likeness (QED) is 0.667. The standard InChI is InChI=1S/C19H19FN4O2/c1-2-26-23-19(25)21-12-15-13-24(17-6-4-3-5-7-17)22-18(15)14-8-10-16(20)11-9-14/h3-11,13H,2,12H2,1H3,(H2,21,23,25). The Hall–Kier alpha value is -3.19. The van der Waals surface area contributed by atoms with Crippen molar-refractivity contribution in [1.29, 1.82) is 0 Å². The van der Waals surface area contributed by atoms with Crippen molar-refractivity contribution in [3.05, 3.63) is 72.2 Å². The first-order valence-electron chi connectivity index (χ1n) is 8.23. The van der Waals surface area contributed by atoms with Crippen molar-refractivity contribution in [3.8, 4) is 16.9 Å². The largest absolute Gasteiger partial charge is 0.338 e. The van der Waals surface area contributed by atoms with E-state index >= 15 is 0 Å². The van der Waals surface area contributed by atoms with E-state index in [1.54, 1.807) is 23.7 Å². The van der Waals surface area contributed by atoms with Gasteiger partial charge in [-0.15, -0.1) is 0 Å². The average Bonchev–Trinajstić information content (AvgIpc) is 3.10. The molecule has 0 radical (unpaired) electrons. The van der Waals surface area contributed by atoms with Crippen molar-refractivity contribution in [2.24, 2.45) is 0 Å². The van der Waals surface area contributed by atoms with Crippen LogP contribution < -0.4 is 10.8 Å². The third kappa shape index (κ3) is 4.25. The van der Waals surface area contributed by atoms with Crippen LogP contribution in [0.25, 0.3) is 16.9 Å². The molecule has 0 aliphatic rings. The summed E-state index contributed by atoms with van der Waals surface area (Å²) in [6.07, 6.45) is 1.84. The molecule has 134 valence electrons. The summed E-state index contributed by atoms with van der Waals surface area (Å²) in [7, 11) is 0. The molecule has 0 unspecified atom stereocenters. The number of para-hydroxylation sites is 1. The van der Waals surface area contributed by atoms with E-state index < -0.39 is 6.03 Å². The van der Waals surface area contributed by atoms with Crippen LogP contribution in [0.1, 0.15) is 12.5 Å². The van der Waals surface area contributed by atoms with E-state index in [-0.39, 0.29) is 12.4 Å². The van der Waals surface area contributed by atoms with E-state index in [4.69, 9.17) is 4.84 Å². The Bertz CT molecular complexity index is 863.